The van der Waals surface area contributed by atoms with Crippen LogP contribution in [0, 0.1) is 0 Å². The van der Waals surface area contributed by atoms with Gasteiger partial charge in [0.15, 0.2) is 16.1 Å². The molecule has 1 aliphatic heterocycles. The molecule has 0 unspecified atom stereocenters. The molecule has 134 valence electrons. The predicted molar refractivity (Wildman–Crippen MR) is 104 cm³/mol. The minimum absolute atomic E-state index is 0.453. The van der Waals surface area contributed by atoms with Gasteiger partial charge in [0.05, 0.1) is 0 Å². The van der Waals surface area contributed by atoms with Crippen molar-refractivity contribution < 1.29 is 9.15 Å². The molecule has 4 rings (SSSR count). The molecule has 0 bridgehead atoms. The van der Waals surface area contributed by atoms with E-state index in [1.807, 2.05) is 36.4 Å². The first-order valence-corrected chi connectivity index (χ1v) is 10.2. The molecule has 6 nitrogen and oxygen atoms in total. The number of furan rings is 1. The standard InChI is InChI=1S/C18H17BrN4O2S/c1-2-3-10-26-18-21-17-15(22-23-18)11-6-4-5-7-12(11)20-16(25-17)13-8-9-14(19)24-13/h4-9,16,20H,2-3,10H2,1H3/t16-/m1/s1. The first kappa shape index (κ1) is 17.4. The van der Waals surface area contributed by atoms with Crippen LogP contribution in [0.5, 0.6) is 5.88 Å². The number of hydrogen-bond acceptors (Lipinski definition) is 7. The summed E-state index contributed by atoms with van der Waals surface area (Å²) in [5.41, 5.74) is 2.42. The van der Waals surface area contributed by atoms with E-state index in [2.05, 4.69) is 43.4 Å². The minimum atomic E-state index is -0.506. The Hall–Kier alpha value is -2.06. The van der Waals surface area contributed by atoms with Crippen LogP contribution in [0.1, 0.15) is 31.8 Å². The number of unbranched alkanes of at least 4 members (excludes halogenated alkanes) is 1. The van der Waals surface area contributed by atoms with Crippen molar-refractivity contribution in [3.8, 4) is 17.1 Å². The van der Waals surface area contributed by atoms with Crippen molar-refractivity contribution in [2.45, 2.75) is 31.1 Å². The van der Waals surface area contributed by atoms with Crippen LogP contribution in [-0.2, 0) is 0 Å². The van der Waals surface area contributed by atoms with E-state index < -0.39 is 6.23 Å². The molecule has 0 amide bonds. The van der Waals surface area contributed by atoms with E-state index in [4.69, 9.17) is 9.15 Å². The molecule has 26 heavy (non-hydrogen) atoms. The zero-order valence-corrected chi connectivity index (χ0v) is 16.5. The third-order valence-corrected chi connectivity index (χ3v) is 5.27. The number of fused-ring (bicyclic) bond motifs is 3. The first-order valence-electron chi connectivity index (χ1n) is 8.40. The fraction of sp³-hybridized carbons (Fsp3) is 0.278. The summed E-state index contributed by atoms with van der Waals surface area (Å²) < 4.78 is 12.5. The highest BCUT2D eigenvalue weighted by Gasteiger charge is 2.27. The topological polar surface area (TPSA) is 73.1 Å². The van der Waals surface area contributed by atoms with Crippen LogP contribution in [0.25, 0.3) is 11.3 Å². The van der Waals surface area contributed by atoms with Gasteiger partial charge in [0.1, 0.15) is 0 Å². The van der Waals surface area contributed by atoms with Crippen molar-refractivity contribution in [1.82, 2.24) is 15.2 Å². The Labute approximate surface area is 163 Å². The molecule has 8 heteroatoms. The van der Waals surface area contributed by atoms with Gasteiger partial charge in [-0.15, -0.1) is 10.2 Å². The van der Waals surface area contributed by atoms with Crippen LogP contribution < -0.4 is 10.1 Å². The molecule has 0 radical (unpaired) electrons. The van der Waals surface area contributed by atoms with E-state index in [-0.39, 0.29) is 0 Å². The number of nitrogens with one attached hydrogen (secondary N) is 1. The monoisotopic (exact) mass is 432 g/mol. The second-order valence-electron chi connectivity index (χ2n) is 5.78. The summed E-state index contributed by atoms with van der Waals surface area (Å²) in [4.78, 5) is 4.60. The SMILES string of the molecule is CCCCSc1nnc2c(n1)O[C@H](c1ccc(Br)o1)Nc1ccccc1-2. The van der Waals surface area contributed by atoms with Crippen molar-refractivity contribution >= 4 is 33.4 Å². The number of ether oxygens (including phenoxy) is 1. The maximum Gasteiger partial charge on any atom is 0.247 e. The first-order chi connectivity index (χ1) is 12.7. The Morgan fingerprint density at radius 3 is 2.88 bits per heavy atom. The largest absolute Gasteiger partial charge is 0.448 e. The molecule has 1 atom stereocenters. The maximum atomic E-state index is 6.13. The lowest BCUT2D eigenvalue weighted by atomic mass is 10.1. The quantitative estimate of drug-likeness (QED) is 0.433. The Morgan fingerprint density at radius 2 is 2.08 bits per heavy atom. The highest BCUT2D eigenvalue weighted by atomic mass is 79.9. The van der Waals surface area contributed by atoms with Crippen molar-refractivity contribution in [2.24, 2.45) is 0 Å². The summed E-state index contributed by atoms with van der Waals surface area (Å²) in [6, 6.07) is 11.6. The zero-order chi connectivity index (χ0) is 17.9. The Balaban J connectivity index is 1.73. The second-order valence-corrected chi connectivity index (χ2v) is 7.62. The highest BCUT2D eigenvalue weighted by Crippen LogP contribution is 2.39. The fourth-order valence-electron chi connectivity index (χ4n) is 2.61. The molecule has 0 spiro atoms. The number of nitrogens with zero attached hydrogens (tertiary/aromatic N) is 3. The average molecular weight is 433 g/mol. The summed E-state index contributed by atoms with van der Waals surface area (Å²) in [5, 5.41) is 12.6. The van der Waals surface area contributed by atoms with Gasteiger partial charge in [0, 0.05) is 17.0 Å². The lowest BCUT2D eigenvalue weighted by Crippen LogP contribution is -2.16. The van der Waals surface area contributed by atoms with Gasteiger partial charge in [-0.2, -0.15) is 4.98 Å². The average Bonchev–Trinajstić information content (AvgIpc) is 3.01. The smallest absolute Gasteiger partial charge is 0.247 e. The van der Waals surface area contributed by atoms with Crippen LogP contribution in [0.3, 0.4) is 0 Å². The Kier molecular flexibility index (Phi) is 5.12. The van der Waals surface area contributed by atoms with Gasteiger partial charge in [-0.1, -0.05) is 43.3 Å². The fourth-order valence-corrected chi connectivity index (χ4v) is 3.79. The summed E-state index contributed by atoms with van der Waals surface area (Å²) in [6.07, 6.45) is 1.74. The van der Waals surface area contributed by atoms with Crippen molar-refractivity contribution in [3.05, 3.63) is 46.8 Å². The number of thioether (sulfide) groups is 1. The minimum Gasteiger partial charge on any atom is -0.448 e. The van der Waals surface area contributed by atoms with Gasteiger partial charge in [-0.25, -0.2) is 0 Å². The molecular weight excluding hydrogens is 416 g/mol. The van der Waals surface area contributed by atoms with Crippen LogP contribution >= 0.6 is 27.7 Å². The molecule has 0 aliphatic carbocycles. The molecule has 1 N–H and O–H groups in total. The second kappa shape index (κ2) is 7.67. The van der Waals surface area contributed by atoms with Gasteiger partial charge in [-0.3, -0.25) is 0 Å². The number of rotatable bonds is 5. The lowest BCUT2D eigenvalue weighted by Gasteiger charge is -2.16. The van der Waals surface area contributed by atoms with Gasteiger partial charge < -0.3 is 14.5 Å². The molecule has 3 heterocycles. The van der Waals surface area contributed by atoms with E-state index in [1.54, 1.807) is 11.8 Å². The number of hydrogen-bond donors (Lipinski definition) is 1. The van der Waals surface area contributed by atoms with Crippen LogP contribution in [-0.4, -0.2) is 20.9 Å². The molecule has 3 aromatic rings. The normalized spacial score (nSPS) is 15.4. The van der Waals surface area contributed by atoms with E-state index in [0.29, 0.717) is 27.2 Å². The lowest BCUT2D eigenvalue weighted by molar-refractivity contribution is 0.194. The molecule has 0 fully saturated rings. The van der Waals surface area contributed by atoms with E-state index in [9.17, 15) is 0 Å². The van der Waals surface area contributed by atoms with E-state index in [0.717, 1.165) is 29.8 Å². The van der Waals surface area contributed by atoms with Crippen LogP contribution in [0.2, 0.25) is 0 Å². The molecule has 2 aromatic heterocycles. The third-order valence-electron chi connectivity index (χ3n) is 3.92. The summed E-state index contributed by atoms with van der Waals surface area (Å²) in [6.45, 7) is 2.16. The summed E-state index contributed by atoms with van der Waals surface area (Å²) in [5.74, 6) is 2.06. The van der Waals surface area contributed by atoms with Gasteiger partial charge in [0.2, 0.25) is 17.3 Å². The van der Waals surface area contributed by atoms with Gasteiger partial charge in [-0.05, 0) is 40.5 Å². The molecule has 0 saturated carbocycles. The van der Waals surface area contributed by atoms with Crippen molar-refractivity contribution in [1.29, 1.82) is 0 Å². The zero-order valence-electron chi connectivity index (χ0n) is 14.1. The molecule has 1 aromatic carbocycles. The highest BCUT2D eigenvalue weighted by molar-refractivity contribution is 9.10. The van der Waals surface area contributed by atoms with E-state index >= 15 is 0 Å². The Bertz CT molecular complexity index is 918. The van der Waals surface area contributed by atoms with Crippen molar-refractivity contribution in [3.63, 3.8) is 0 Å². The van der Waals surface area contributed by atoms with Crippen molar-refractivity contribution in [2.75, 3.05) is 11.1 Å². The molecular formula is C18H17BrN4O2S. The number of para-hydroxylation sites is 1. The van der Waals surface area contributed by atoms with E-state index in [1.165, 1.54) is 0 Å². The Morgan fingerprint density at radius 1 is 1.19 bits per heavy atom. The van der Waals surface area contributed by atoms with Crippen LogP contribution in [0.4, 0.5) is 5.69 Å². The number of anilines is 1. The summed E-state index contributed by atoms with van der Waals surface area (Å²) >= 11 is 4.93. The molecule has 0 saturated heterocycles. The maximum absolute atomic E-state index is 6.13. The number of halogens is 1. The molecule has 1 aliphatic rings. The van der Waals surface area contributed by atoms with Gasteiger partial charge >= 0.3 is 0 Å². The van der Waals surface area contributed by atoms with Gasteiger partial charge in [0.25, 0.3) is 0 Å². The van der Waals surface area contributed by atoms with Crippen LogP contribution in [0.15, 0.2) is 50.6 Å². The number of benzene rings is 1. The summed E-state index contributed by atoms with van der Waals surface area (Å²) in [7, 11) is 0. The number of aromatic nitrogens is 3. The predicted octanol–water partition coefficient (Wildman–Crippen LogP) is 5.29. The third kappa shape index (κ3) is 3.57.